The normalized spacial score (nSPS) is 24.3. The summed E-state index contributed by atoms with van der Waals surface area (Å²) in [7, 11) is 0. The highest BCUT2D eigenvalue weighted by Gasteiger charge is 2.27. The number of halogens is 1. The molecule has 118 valence electrons. The monoisotopic (exact) mass is 302 g/mol. The first-order valence-corrected chi connectivity index (χ1v) is 8.39. The van der Waals surface area contributed by atoms with E-state index in [-0.39, 0.29) is 5.82 Å². The number of nitrogens with zero attached hydrogens (tertiary/aromatic N) is 3. The molecular formula is C17H23FN4. The highest BCUT2D eigenvalue weighted by molar-refractivity contribution is 5.75. The van der Waals surface area contributed by atoms with Crippen LogP contribution in [0.4, 0.5) is 4.39 Å². The maximum absolute atomic E-state index is 13.7. The van der Waals surface area contributed by atoms with Gasteiger partial charge in [-0.3, -0.25) is 9.80 Å². The average molecular weight is 302 g/mol. The summed E-state index contributed by atoms with van der Waals surface area (Å²) in [4.78, 5) is 12.8. The van der Waals surface area contributed by atoms with Gasteiger partial charge in [-0.25, -0.2) is 9.37 Å². The smallest absolute Gasteiger partial charge is 0.151 e. The van der Waals surface area contributed by atoms with Crippen LogP contribution in [0.1, 0.15) is 31.5 Å². The van der Waals surface area contributed by atoms with E-state index < -0.39 is 0 Å². The number of H-pyrrole nitrogens is 1. The fourth-order valence-corrected chi connectivity index (χ4v) is 3.91. The topological polar surface area (TPSA) is 35.2 Å². The highest BCUT2D eigenvalue weighted by atomic mass is 19.1. The van der Waals surface area contributed by atoms with E-state index in [0.717, 1.165) is 31.0 Å². The Bertz CT molecular complexity index is 647. The van der Waals surface area contributed by atoms with Crippen LogP contribution in [0.3, 0.4) is 0 Å². The Morgan fingerprint density at radius 2 is 2.05 bits per heavy atom. The van der Waals surface area contributed by atoms with Gasteiger partial charge in [-0.2, -0.15) is 0 Å². The summed E-state index contributed by atoms with van der Waals surface area (Å²) in [5.74, 6) is 0.635. The number of benzene rings is 1. The van der Waals surface area contributed by atoms with E-state index in [9.17, 15) is 4.39 Å². The lowest BCUT2D eigenvalue weighted by Gasteiger charge is -2.37. The van der Waals surface area contributed by atoms with Crippen molar-refractivity contribution >= 4 is 11.0 Å². The first-order chi connectivity index (χ1) is 10.8. The summed E-state index contributed by atoms with van der Waals surface area (Å²) in [6, 6.07) is 5.77. The second-order valence-corrected chi connectivity index (χ2v) is 6.59. The summed E-state index contributed by atoms with van der Waals surface area (Å²) in [6.45, 7) is 5.53. The van der Waals surface area contributed by atoms with Crippen LogP contribution in [0.15, 0.2) is 18.2 Å². The molecule has 4 nitrogen and oxygen atoms in total. The van der Waals surface area contributed by atoms with Crippen LogP contribution >= 0.6 is 0 Å². The summed E-state index contributed by atoms with van der Waals surface area (Å²) in [5, 5.41) is 0. The lowest BCUT2D eigenvalue weighted by molar-refractivity contribution is 0.109. The van der Waals surface area contributed by atoms with E-state index >= 15 is 0 Å². The molecule has 2 saturated heterocycles. The molecule has 1 unspecified atom stereocenters. The molecule has 2 aliphatic rings. The van der Waals surface area contributed by atoms with Gasteiger partial charge in [-0.15, -0.1) is 0 Å². The minimum absolute atomic E-state index is 0.242. The highest BCUT2D eigenvalue weighted by Crippen LogP contribution is 2.22. The van der Waals surface area contributed by atoms with Gasteiger partial charge < -0.3 is 4.98 Å². The van der Waals surface area contributed by atoms with Crippen LogP contribution in [0.2, 0.25) is 0 Å². The Kier molecular flexibility index (Phi) is 3.84. The van der Waals surface area contributed by atoms with Crippen molar-refractivity contribution in [3.05, 3.63) is 29.8 Å². The number of hydrogen-bond donors (Lipinski definition) is 1. The zero-order valence-corrected chi connectivity index (χ0v) is 12.9. The quantitative estimate of drug-likeness (QED) is 0.947. The molecular weight excluding hydrogens is 279 g/mol. The van der Waals surface area contributed by atoms with E-state index in [1.54, 1.807) is 6.07 Å². The van der Waals surface area contributed by atoms with Crippen molar-refractivity contribution in [2.75, 3.05) is 26.2 Å². The molecule has 0 amide bonds. The van der Waals surface area contributed by atoms with Crippen molar-refractivity contribution in [1.82, 2.24) is 19.8 Å². The molecule has 0 aliphatic carbocycles. The summed E-state index contributed by atoms with van der Waals surface area (Å²) >= 11 is 0. The van der Waals surface area contributed by atoms with Gasteiger partial charge in [-0.05, 0) is 57.5 Å². The van der Waals surface area contributed by atoms with E-state index in [1.807, 2.05) is 6.07 Å². The predicted octanol–water partition coefficient (Wildman–Crippen LogP) is 2.76. The van der Waals surface area contributed by atoms with Gasteiger partial charge in [-0.1, -0.05) is 6.07 Å². The summed E-state index contributed by atoms with van der Waals surface area (Å²) < 4.78 is 13.7. The number of aromatic nitrogens is 2. The minimum atomic E-state index is -0.242. The van der Waals surface area contributed by atoms with Gasteiger partial charge in [0.2, 0.25) is 0 Å². The zero-order chi connectivity index (χ0) is 14.9. The number of hydrogen-bond acceptors (Lipinski definition) is 3. The minimum Gasteiger partial charge on any atom is -0.341 e. The number of likely N-dealkylation sites (tertiary alicyclic amines) is 2. The molecule has 22 heavy (non-hydrogen) atoms. The lowest BCUT2D eigenvalue weighted by atomic mass is 10.0. The Morgan fingerprint density at radius 1 is 1.18 bits per heavy atom. The molecule has 5 heteroatoms. The SMILES string of the molecule is Fc1cccc2[nH]c(CN3CCCC(N4CCCC4)C3)nc12. The Morgan fingerprint density at radius 3 is 2.86 bits per heavy atom. The van der Waals surface area contributed by atoms with Gasteiger partial charge >= 0.3 is 0 Å². The molecule has 4 rings (SSSR count). The van der Waals surface area contributed by atoms with E-state index in [4.69, 9.17) is 0 Å². The molecule has 0 saturated carbocycles. The third-order valence-corrected chi connectivity index (χ3v) is 5.02. The number of fused-ring (bicyclic) bond motifs is 1. The van der Waals surface area contributed by atoms with Gasteiger partial charge in [0.1, 0.15) is 11.3 Å². The molecule has 2 fully saturated rings. The fourth-order valence-electron chi connectivity index (χ4n) is 3.91. The Hall–Kier alpha value is -1.46. The number of rotatable bonds is 3. The van der Waals surface area contributed by atoms with Crippen molar-refractivity contribution in [2.24, 2.45) is 0 Å². The second kappa shape index (κ2) is 5.97. The van der Waals surface area contributed by atoms with Crippen LogP contribution in [0, 0.1) is 5.82 Å². The molecule has 1 atom stereocenters. The van der Waals surface area contributed by atoms with Gasteiger partial charge in [0, 0.05) is 12.6 Å². The fraction of sp³-hybridized carbons (Fsp3) is 0.588. The Balaban J connectivity index is 1.46. The number of aromatic amines is 1. The van der Waals surface area contributed by atoms with Crippen molar-refractivity contribution in [1.29, 1.82) is 0 Å². The third-order valence-electron chi connectivity index (χ3n) is 5.02. The molecule has 1 N–H and O–H groups in total. The zero-order valence-electron chi connectivity index (χ0n) is 12.9. The lowest BCUT2D eigenvalue weighted by Crippen LogP contribution is -2.46. The van der Waals surface area contributed by atoms with E-state index in [2.05, 4.69) is 19.8 Å². The number of nitrogens with one attached hydrogen (secondary N) is 1. The van der Waals surface area contributed by atoms with Crippen LogP contribution in [0.25, 0.3) is 11.0 Å². The maximum atomic E-state index is 13.7. The second-order valence-electron chi connectivity index (χ2n) is 6.59. The molecule has 2 aliphatic heterocycles. The first-order valence-electron chi connectivity index (χ1n) is 8.39. The average Bonchev–Trinajstić information content (AvgIpc) is 3.17. The standard InChI is InChI=1S/C17H23FN4/c18-14-6-3-7-15-17(14)20-16(19-15)12-21-8-4-5-13(11-21)22-9-1-2-10-22/h3,6-7,13H,1-2,4-5,8-12H2,(H,19,20). The van der Waals surface area contributed by atoms with Gasteiger partial charge in [0.25, 0.3) is 0 Å². The van der Waals surface area contributed by atoms with Crippen molar-refractivity contribution < 1.29 is 4.39 Å². The molecule has 2 aromatic rings. The van der Waals surface area contributed by atoms with Crippen LogP contribution in [-0.4, -0.2) is 52.0 Å². The molecule has 1 aromatic heterocycles. The largest absolute Gasteiger partial charge is 0.341 e. The maximum Gasteiger partial charge on any atom is 0.151 e. The molecule has 0 bridgehead atoms. The molecule has 0 spiro atoms. The summed E-state index contributed by atoms with van der Waals surface area (Å²) in [5.41, 5.74) is 1.26. The van der Waals surface area contributed by atoms with Crippen LogP contribution in [-0.2, 0) is 6.54 Å². The van der Waals surface area contributed by atoms with Gasteiger partial charge in [0.15, 0.2) is 5.82 Å². The predicted molar refractivity (Wildman–Crippen MR) is 85.2 cm³/mol. The number of imidazole rings is 1. The number of piperidine rings is 1. The molecule has 3 heterocycles. The van der Waals surface area contributed by atoms with Crippen molar-refractivity contribution in [2.45, 2.75) is 38.3 Å². The third kappa shape index (κ3) is 2.75. The van der Waals surface area contributed by atoms with Crippen LogP contribution in [0.5, 0.6) is 0 Å². The van der Waals surface area contributed by atoms with Gasteiger partial charge in [0.05, 0.1) is 12.1 Å². The van der Waals surface area contributed by atoms with Crippen molar-refractivity contribution in [3.63, 3.8) is 0 Å². The van der Waals surface area contributed by atoms with E-state index in [1.165, 1.54) is 44.8 Å². The van der Waals surface area contributed by atoms with Crippen LogP contribution < -0.4 is 0 Å². The first kappa shape index (κ1) is 14.2. The summed E-state index contributed by atoms with van der Waals surface area (Å²) in [6.07, 6.45) is 5.25. The molecule has 0 radical (unpaired) electrons. The molecule has 1 aromatic carbocycles. The van der Waals surface area contributed by atoms with E-state index in [0.29, 0.717) is 11.6 Å². The Labute approximate surface area is 130 Å². The number of para-hydroxylation sites is 1. The van der Waals surface area contributed by atoms with Crippen molar-refractivity contribution in [3.8, 4) is 0 Å².